The first-order chi connectivity index (χ1) is 12.3. The van der Waals surface area contributed by atoms with Gasteiger partial charge in [0.2, 0.25) is 5.95 Å². The fourth-order valence-corrected chi connectivity index (χ4v) is 4.14. The first-order valence-corrected chi connectivity index (χ1v) is 8.78. The molecule has 1 amide bonds. The molecule has 0 aliphatic carbocycles. The van der Waals surface area contributed by atoms with E-state index in [9.17, 15) is 4.79 Å². The largest absolute Gasteiger partial charge is 0.317 e. The third-order valence-electron chi connectivity index (χ3n) is 5.44. The Bertz CT molecular complexity index is 928. The average molecular weight is 373 g/mol. The summed E-state index contributed by atoms with van der Waals surface area (Å²) in [5.74, 6) is 0.864. The van der Waals surface area contributed by atoms with Crippen LogP contribution in [0.2, 0.25) is 0 Å². The van der Waals surface area contributed by atoms with Crippen LogP contribution in [0.25, 0.3) is 11.0 Å². The van der Waals surface area contributed by atoms with Gasteiger partial charge >= 0.3 is 0 Å². The fraction of sp³-hybridized carbons (Fsp3) is 0.389. The van der Waals surface area contributed by atoms with Gasteiger partial charge in [-0.2, -0.15) is 5.10 Å². The Hall–Kier alpha value is -2.38. The number of para-hydroxylation sites is 2. The molecule has 26 heavy (non-hydrogen) atoms. The molecule has 0 unspecified atom stereocenters. The number of fused-ring (bicyclic) bond motifs is 3. The number of aromatic nitrogens is 4. The first-order valence-electron chi connectivity index (χ1n) is 8.78. The molecular formula is C18H21ClN6O. The van der Waals surface area contributed by atoms with Crippen LogP contribution in [0.1, 0.15) is 12.8 Å². The number of anilines is 1. The summed E-state index contributed by atoms with van der Waals surface area (Å²) in [4.78, 5) is 20.2. The lowest BCUT2D eigenvalue weighted by molar-refractivity contribution is -0.129. The molecule has 5 rings (SSSR count). The van der Waals surface area contributed by atoms with Crippen LogP contribution in [-0.2, 0) is 16.9 Å². The Morgan fingerprint density at radius 3 is 2.69 bits per heavy atom. The van der Waals surface area contributed by atoms with Gasteiger partial charge in [0.25, 0.3) is 5.91 Å². The van der Waals surface area contributed by atoms with E-state index in [1.54, 1.807) is 6.20 Å². The van der Waals surface area contributed by atoms with Gasteiger partial charge in [-0.15, -0.1) is 12.4 Å². The number of piperidine rings is 1. The minimum absolute atomic E-state index is 0. The van der Waals surface area contributed by atoms with Crippen molar-refractivity contribution in [3.63, 3.8) is 0 Å². The highest BCUT2D eigenvalue weighted by molar-refractivity contribution is 5.99. The Kier molecular flexibility index (Phi) is 4.20. The minimum atomic E-state index is -0.623. The van der Waals surface area contributed by atoms with E-state index in [-0.39, 0.29) is 18.3 Å². The summed E-state index contributed by atoms with van der Waals surface area (Å²) in [6, 6.07) is 9.94. The van der Waals surface area contributed by atoms with Crippen molar-refractivity contribution in [1.82, 2.24) is 24.6 Å². The number of hydrogen-bond acceptors (Lipinski definition) is 4. The Morgan fingerprint density at radius 1 is 1.12 bits per heavy atom. The maximum Gasteiger partial charge on any atom is 0.257 e. The molecule has 1 N–H and O–H groups in total. The minimum Gasteiger partial charge on any atom is -0.317 e. The molecule has 1 aromatic carbocycles. The summed E-state index contributed by atoms with van der Waals surface area (Å²) in [7, 11) is 0. The van der Waals surface area contributed by atoms with E-state index in [1.165, 1.54) is 0 Å². The van der Waals surface area contributed by atoms with Gasteiger partial charge in [-0.1, -0.05) is 12.1 Å². The zero-order chi connectivity index (χ0) is 16.9. The second kappa shape index (κ2) is 6.41. The maximum atomic E-state index is 13.6. The molecule has 7 nitrogen and oxygen atoms in total. The SMILES string of the molecule is Cl.O=C(N1CCn2c1nc1ccccc12)C1(n2cccn2)CCNCC1. The van der Waals surface area contributed by atoms with E-state index in [0.29, 0.717) is 6.54 Å². The van der Waals surface area contributed by atoms with Gasteiger partial charge in [0.1, 0.15) is 5.54 Å². The van der Waals surface area contributed by atoms with Gasteiger partial charge in [0.05, 0.1) is 11.0 Å². The Morgan fingerprint density at radius 2 is 1.92 bits per heavy atom. The molecule has 1 saturated heterocycles. The van der Waals surface area contributed by atoms with E-state index in [0.717, 1.165) is 49.5 Å². The van der Waals surface area contributed by atoms with Gasteiger partial charge < -0.3 is 9.88 Å². The van der Waals surface area contributed by atoms with Gasteiger partial charge in [0.15, 0.2) is 0 Å². The second-order valence-corrected chi connectivity index (χ2v) is 6.74. The molecule has 8 heteroatoms. The summed E-state index contributed by atoms with van der Waals surface area (Å²) in [5, 5.41) is 7.77. The van der Waals surface area contributed by atoms with E-state index in [4.69, 9.17) is 4.98 Å². The smallest absolute Gasteiger partial charge is 0.257 e. The normalized spacial score (nSPS) is 18.5. The predicted octanol–water partition coefficient (Wildman–Crippen LogP) is 1.78. The quantitative estimate of drug-likeness (QED) is 0.744. The van der Waals surface area contributed by atoms with Crippen LogP contribution in [-0.4, -0.2) is 44.9 Å². The Labute approximate surface area is 157 Å². The third kappa shape index (κ3) is 2.34. The lowest BCUT2D eigenvalue weighted by Gasteiger charge is -2.38. The maximum absolute atomic E-state index is 13.6. The van der Waals surface area contributed by atoms with Crippen molar-refractivity contribution in [2.75, 3.05) is 24.5 Å². The predicted molar refractivity (Wildman–Crippen MR) is 102 cm³/mol. The van der Waals surface area contributed by atoms with Crippen molar-refractivity contribution in [1.29, 1.82) is 0 Å². The number of carbonyl (C=O) groups excluding carboxylic acids is 1. The zero-order valence-corrected chi connectivity index (χ0v) is 15.2. The molecule has 0 spiro atoms. The summed E-state index contributed by atoms with van der Waals surface area (Å²) in [6.45, 7) is 3.09. The lowest BCUT2D eigenvalue weighted by atomic mass is 9.87. The highest BCUT2D eigenvalue weighted by Gasteiger charge is 2.46. The van der Waals surface area contributed by atoms with Crippen LogP contribution in [0.15, 0.2) is 42.7 Å². The number of nitrogens with one attached hydrogen (secondary N) is 1. The topological polar surface area (TPSA) is 68.0 Å². The summed E-state index contributed by atoms with van der Waals surface area (Å²) in [6.07, 6.45) is 5.13. The van der Waals surface area contributed by atoms with Crippen molar-refractivity contribution in [3.8, 4) is 0 Å². The average Bonchev–Trinajstić information content (AvgIpc) is 3.38. The number of nitrogens with zero attached hydrogens (tertiary/aromatic N) is 5. The van der Waals surface area contributed by atoms with Crippen molar-refractivity contribution in [2.45, 2.75) is 24.9 Å². The number of imidazole rings is 1. The van der Waals surface area contributed by atoms with E-state index < -0.39 is 5.54 Å². The number of rotatable bonds is 2. The molecule has 1 fully saturated rings. The van der Waals surface area contributed by atoms with Crippen LogP contribution >= 0.6 is 12.4 Å². The molecule has 3 aromatic rings. The van der Waals surface area contributed by atoms with Crippen molar-refractivity contribution in [2.24, 2.45) is 0 Å². The molecule has 4 heterocycles. The van der Waals surface area contributed by atoms with E-state index in [2.05, 4.69) is 21.0 Å². The molecule has 136 valence electrons. The van der Waals surface area contributed by atoms with Crippen LogP contribution in [0.5, 0.6) is 0 Å². The number of hydrogen-bond donors (Lipinski definition) is 1. The monoisotopic (exact) mass is 372 g/mol. The molecule has 2 aliphatic heterocycles. The van der Waals surface area contributed by atoms with Crippen molar-refractivity contribution < 1.29 is 4.79 Å². The zero-order valence-electron chi connectivity index (χ0n) is 14.3. The second-order valence-electron chi connectivity index (χ2n) is 6.74. The van der Waals surface area contributed by atoms with Crippen molar-refractivity contribution >= 4 is 35.3 Å². The van der Waals surface area contributed by atoms with E-state index in [1.807, 2.05) is 40.0 Å². The van der Waals surface area contributed by atoms with Gasteiger partial charge in [-0.05, 0) is 44.1 Å². The summed E-state index contributed by atoms with van der Waals surface area (Å²) in [5.41, 5.74) is 1.40. The lowest BCUT2D eigenvalue weighted by Crippen LogP contribution is -2.55. The van der Waals surface area contributed by atoms with Crippen LogP contribution < -0.4 is 10.2 Å². The Balaban J connectivity index is 0.00000168. The van der Waals surface area contributed by atoms with Gasteiger partial charge in [-0.3, -0.25) is 14.4 Å². The first kappa shape index (κ1) is 17.1. The molecule has 0 saturated carbocycles. The summed E-state index contributed by atoms with van der Waals surface area (Å²) >= 11 is 0. The van der Waals surface area contributed by atoms with E-state index >= 15 is 0 Å². The van der Waals surface area contributed by atoms with Crippen molar-refractivity contribution in [3.05, 3.63) is 42.7 Å². The number of benzene rings is 1. The standard InChI is InChI=1S/C18H20N6O.ClH/c25-16(18(6-9-19-10-7-18)24-11-3-8-20-24)23-13-12-22-15-5-2-1-4-14(15)21-17(22)23;/h1-5,8,11,19H,6-7,9-10,12-13H2;1H. The molecule has 0 bridgehead atoms. The molecule has 2 aliphatic rings. The third-order valence-corrected chi connectivity index (χ3v) is 5.44. The number of halogens is 1. The van der Waals surface area contributed by atoms with Crippen LogP contribution in [0.3, 0.4) is 0 Å². The number of amides is 1. The number of carbonyl (C=O) groups is 1. The molecule has 0 radical (unpaired) electrons. The fourth-order valence-electron chi connectivity index (χ4n) is 4.14. The molecule has 2 aromatic heterocycles. The van der Waals surface area contributed by atoms with Crippen LogP contribution in [0.4, 0.5) is 5.95 Å². The van der Waals surface area contributed by atoms with Gasteiger partial charge in [0, 0.05) is 25.5 Å². The summed E-state index contributed by atoms with van der Waals surface area (Å²) < 4.78 is 3.99. The molecule has 0 atom stereocenters. The van der Waals surface area contributed by atoms with Crippen LogP contribution in [0, 0.1) is 0 Å². The van der Waals surface area contributed by atoms with Gasteiger partial charge in [-0.25, -0.2) is 4.98 Å². The highest BCUT2D eigenvalue weighted by atomic mass is 35.5. The molecular weight excluding hydrogens is 352 g/mol. The highest BCUT2D eigenvalue weighted by Crippen LogP contribution is 2.34.